The van der Waals surface area contributed by atoms with E-state index in [1.54, 1.807) is 0 Å². The Bertz CT molecular complexity index is 370. The lowest BCUT2D eigenvalue weighted by Crippen LogP contribution is -1.85. The second-order valence-corrected chi connectivity index (χ2v) is 3.71. The summed E-state index contributed by atoms with van der Waals surface area (Å²) in [6, 6.07) is 15.6. The summed E-state index contributed by atoms with van der Waals surface area (Å²) in [6.07, 6.45) is 0. The third kappa shape index (κ3) is 5.04. The first kappa shape index (κ1) is 15.0. The number of hydrogen-bond acceptors (Lipinski definition) is 2. The fraction of sp³-hybridized carbons (Fsp3) is 0.143. The molecule has 2 aromatic rings. The third-order valence-electron chi connectivity index (χ3n) is 2.38. The topological polar surface area (TPSA) is 83.5 Å². The standard InChI is InChI=1S/2C7H9N.H2O/c2*1-6-4-2-3-5-7(6)8;/h2*2-5H,8H2,1H3;1H2. The van der Waals surface area contributed by atoms with E-state index in [-0.39, 0.29) is 5.48 Å². The van der Waals surface area contributed by atoms with Gasteiger partial charge in [0.15, 0.2) is 0 Å². The van der Waals surface area contributed by atoms with Crippen LogP contribution in [-0.2, 0) is 0 Å². The fourth-order valence-electron chi connectivity index (χ4n) is 1.17. The van der Waals surface area contributed by atoms with E-state index in [1.807, 2.05) is 62.4 Å². The Morgan fingerprint density at radius 3 is 1.12 bits per heavy atom. The van der Waals surface area contributed by atoms with Gasteiger partial charge in [-0.15, -0.1) is 0 Å². The minimum absolute atomic E-state index is 0. The van der Waals surface area contributed by atoms with Gasteiger partial charge in [-0.05, 0) is 37.1 Å². The molecule has 0 aliphatic heterocycles. The molecule has 17 heavy (non-hydrogen) atoms. The zero-order chi connectivity index (χ0) is 12.0. The SMILES string of the molecule is Cc1ccccc1N.Cc1ccccc1N.O. The number of rotatable bonds is 0. The first-order valence-corrected chi connectivity index (χ1v) is 5.23. The van der Waals surface area contributed by atoms with Gasteiger partial charge in [-0.3, -0.25) is 0 Å². The molecule has 3 nitrogen and oxygen atoms in total. The highest BCUT2D eigenvalue weighted by molar-refractivity contribution is 5.45. The van der Waals surface area contributed by atoms with Crippen molar-refractivity contribution in [1.29, 1.82) is 0 Å². The van der Waals surface area contributed by atoms with Crippen molar-refractivity contribution in [2.45, 2.75) is 13.8 Å². The number of nitrogens with two attached hydrogens (primary N) is 2. The molecule has 0 unspecified atom stereocenters. The minimum atomic E-state index is 0. The average molecular weight is 232 g/mol. The molecule has 0 saturated carbocycles. The van der Waals surface area contributed by atoms with Crippen LogP contribution in [0.25, 0.3) is 0 Å². The first-order chi connectivity index (χ1) is 7.61. The van der Waals surface area contributed by atoms with E-state index in [0.29, 0.717) is 0 Å². The van der Waals surface area contributed by atoms with E-state index in [9.17, 15) is 0 Å². The molecule has 0 aromatic heterocycles. The molecule has 0 aliphatic carbocycles. The molecular formula is C14H20N2O. The quantitative estimate of drug-likeness (QED) is 0.683. The number of benzene rings is 2. The van der Waals surface area contributed by atoms with Crippen molar-refractivity contribution < 1.29 is 5.48 Å². The van der Waals surface area contributed by atoms with Crippen LogP contribution in [-0.4, -0.2) is 5.48 Å². The maximum absolute atomic E-state index is 5.52. The smallest absolute Gasteiger partial charge is 0.0343 e. The summed E-state index contributed by atoms with van der Waals surface area (Å²) in [5, 5.41) is 0. The molecule has 0 radical (unpaired) electrons. The highest BCUT2D eigenvalue weighted by atomic mass is 16.0. The van der Waals surface area contributed by atoms with Gasteiger partial charge < -0.3 is 16.9 Å². The van der Waals surface area contributed by atoms with E-state index < -0.39 is 0 Å². The lowest BCUT2D eigenvalue weighted by molar-refractivity contribution is 0.824. The lowest BCUT2D eigenvalue weighted by atomic mass is 10.2. The van der Waals surface area contributed by atoms with Gasteiger partial charge >= 0.3 is 0 Å². The van der Waals surface area contributed by atoms with Crippen molar-refractivity contribution in [3.63, 3.8) is 0 Å². The first-order valence-electron chi connectivity index (χ1n) is 5.23. The molecule has 0 saturated heterocycles. The zero-order valence-corrected chi connectivity index (χ0v) is 10.3. The summed E-state index contributed by atoms with van der Waals surface area (Å²) in [5.74, 6) is 0. The zero-order valence-electron chi connectivity index (χ0n) is 10.3. The van der Waals surface area contributed by atoms with Crippen molar-refractivity contribution in [3.8, 4) is 0 Å². The molecule has 6 N–H and O–H groups in total. The van der Waals surface area contributed by atoms with E-state index in [4.69, 9.17) is 11.5 Å². The molecule has 92 valence electrons. The largest absolute Gasteiger partial charge is 0.412 e. The van der Waals surface area contributed by atoms with Crippen LogP contribution in [0.4, 0.5) is 11.4 Å². The number of nitrogen functional groups attached to an aromatic ring is 2. The summed E-state index contributed by atoms with van der Waals surface area (Å²) in [7, 11) is 0. The fourth-order valence-corrected chi connectivity index (χ4v) is 1.17. The molecule has 3 heteroatoms. The molecule has 0 aliphatic rings. The second-order valence-electron chi connectivity index (χ2n) is 3.71. The number of hydrogen-bond donors (Lipinski definition) is 2. The van der Waals surface area contributed by atoms with Gasteiger partial charge in [-0.25, -0.2) is 0 Å². The predicted octanol–water partition coefficient (Wildman–Crippen LogP) is 2.33. The van der Waals surface area contributed by atoms with Gasteiger partial charge in [-0.1, -0.05) is 36.4 Å². The molecule has 0 atom stereocenters. The van der Waals surface area contributed by atoms with Gasteiger partial charge in [0, 0.05) is 11.4 Å². The Labute approximate surface area is 102 Å². The van der Waals surface area contributed by atoms with Crippen LogP contribution in [0.1, 0.15) is 11.1 Å². The Morgan fingerprint density at radius 1 is 0.647 bits per heavy atom. The van der Waals surface area contributed by atoms with E-state index >= 15 is 0 Å². The molecule has 0 bridgehead atoms. The maximum Gasteiger partial charge on any atom is 0.0343 e. The number of aryl methyl sites for hydroxylation is 2. The third-order valence-corrected chi connectivity index (χ3v) is 2.38. The van der Waals surface area contributed by atoms with Crippen LogP contribution in [0.15, 0.2) is 48.5 Å². The number of anilines is 2. The van der Waals surface area contributed by atoms with E-state index in [2.05, 4.69) is 0 Å². The Morgan fingerprint density at radius 2 is 0.941 bits per heavy atom. The second kappa shape index (κ2) is 7.30. The van der Waals surface area contributed by atoms with Crippen molar-refractivity contribution in [2.24, 2.45) is 0 Å². The van der Waals surface area contributed by atoms with E-state index in [0.717, 1.165) is 22.5 Å². The van der Waals surface area contributed by atoms with Crippen LogP contribution in [0, 0.1) is 13.8 Å². The molecule has 0 spiro atoms. The Hall–Kier alpha value is -2.00. The van der Waals surface area contributed by atoms with Gasteiger partial charge in [0.05, 0.1) is 0 Å². The normalized spacial score (nSPS) is 8.59. The highest BCUT2D eigenvalue weighted by Gasteiger charge is 1.85. The van der Waals surface area contributed by atoms with Crippen molar-refractivity contribution in [1.82, 2.24) is 0 Å². The Balaban J connectivity index is 0.000000284. The molecule has 2 rings (SSSR count). The van der Waals surface area contributed by atoms with Gasteiger partial charge in [0.2, 0.25) is 0 Å². The van der Waals surface area contributed by atoms with Gasteiger partial charge in [0.25, 0.3) is 0 Å². The summed E-state index contributed by atoms with van der Waals surface area (Å²) in [4.78, 5) is 0. The monoisotopic (exact) mass is 232 g/mol. The van der Waals surface area contributed by atoms with Crippen LogP contribution >= 0.6 is 0 Å². The Kier molecular flexibility index (Phi) is 6.44. The van der Waals surface area contributed by atoms with Crippen molar-refractivity contribution in [3.05, 3.63) is 59.7 Å². The molecule has 0 fully saturated rings. The minimum Gasteiger partial charge on any atom is -0.412 e. The average Bonchev–Trinajstić information content (AvgIpc) is 2.28. The van der Waals surface area contributed by atoms with Crippen molar-refractivity contribution >= 4 is 11.4 Å². The summed E-state index contributed by atoms with van der Waals surface area (Å²) >= 11 is 0. The molecule has 0 heterocycles. The van der Waals surface area contributed by atoms with Crippen LogP contribution < -0.4 is 11.5 Å². The molecular weight excluding hydrogens is 212 g/mol. The van der Waals surface area contributed by atoms with Gasteiger partial charge in [0.1, 0.15) is 0 Å². The van der Waals surface area contributed by atoms with Crippen LogP contribution in [0.5, 0.6) is 0 Å². The molecule has 0 amide bonds. The number of para-hydroxylation sites is 2. The predicted molar refractivity (Wildman–Crippen MR) is 74.8 cm³/mol. The van der Waals surface area contributed by atoms with E-state index in [1.165, 1.54) is 0 Å². The molecule has 2 aromatic carbocycles. The summed E-state index contributed by atoms with van der Waals surface area (Å²) < 4.78 is 0. The summed E-state index contributed by atoms with van der Waals surface area (Å²) in [6.45, 7) is 3.99. The van der Waals surface area contributed by atoms with Crippen LogP contribution in [0.2, 0.25) is 0 Å². The van der Waals surface area contributed by atoms with Gasteiger partial charge in [-0.2, -0.15) is 0 Å². The highest BCUT2D eigenvalue weighted by Crippen LogP contribution is 2.07. The summed E-state index contributed by atoms with van der Waals surface area (Å²) in [5.41, 5.74) is 15.1. The lowest BCUT2D eigenvalue weighted by Gasteiger charge is -1.93. The maximum atomic E-state index is 5.52. The van der Waals surface area contributed by atoms with Crippen molar-refractivity contribution in [2.75, 3.05) is 11.5 Å². The van der Waals surface area contributed by atoms with Crippen LogP contribution in [0.3, 0.4) is 0 Å².